The van der Waals surface area contributed by atoms with Gasteiger partial charge in [0.25, 0.3) is 5.69 Å². The third-order valence-electron chi connectivity index (χ3n) is 3.30. The van der Waals surface area contributed by atoms with Crippen molar-refractivity contribution < 1.29 is 14.4 Å². The maximum atomic E-state index is 10.9. The van der Waals surface area contributed by atoms with Crippen LogP contribution >= 0.6 is 0 Å². The lowest BCUT2D eigenvalue weighted by Crippen LogP contribution is -1.99. The molecule has 0 N–H and O–H groups in total. The van der Waals surface area contributed by atoms with Crippen LogP contribution in [0.3, 0.4) is 0 Å². The van der Waals surface area contributed by atoms with Crippen LogP contribution in [0.2, 0.25) is 0 Å². The van der Waals surface area contributed by atoms with E-state index in [4.69, 9.17) is 9.47 Å². The Hall–Kier alpha value is -3.22. The largest absolute Gasteiger partial charge is 0.497 e. The van der Waals surface area contributed by atoms with E-state index < -0.39 is 4.92 Å². The van der Waals surface area contributed by atoms with E-state index >= 15 is 0 Å². The van der Waals surface area contributed by atoms with E-state index in [-0.39, 0.29) is 12.3 Å². The third kappa shape index (κ3) is 3.18. The van der Waals surface area contributed by atoms with Gasteiger partial charge in [-0.1, -0.05) is 12.1 Å². The minimum Gasteiger partial charge on any atom is -0.497 e. The zero-order chi connectivity index (χ0) is 16.2. The quantitative estimate of drug-likeness (QED) is 0.531. The fourth-order valence-electron chi connectivity index (χ4n) is 2.16. The van der Waals surface area contributed by atoms with Crippen LogP contribution < -0.4 is 9.47 Å². The summed E-state index contributed by atoms with van der Waals surface area (Å²) in [6.07, 6.45) is 1.37. The minimum atomic E-state index is -0.460. The van der Waals surface area contributed by atoms with Gasteiger partial charge in [-0.05, 0) is 23.8 Å². The Morgan fingerprint density at radius 3 is 2.83 bits per heavy atom. The van der Waals surface area contributed by atoms with Gasteiger partial charge in [0.05, 0.1) is 22.9 Å². The van der Waals surface area contributed by atoms with Gasteiger partial charge in [-0.2, -0.15) is 0 Å². The molecule has 0 fully saturated rings. The van der Waals surface area contributed by atoms with Gasteiger partial charge in [-0.3, -0.25) is 10.1 Å². The van der Waals surface area contributed by atoms with Gasteiger partial charge in [-0.25, -0.2) is 9.97 Å². The first-order valence-corrected chi connectivity index (χ1v) is 6.82. The van der Waals surface area contributed by atoms with Gasteiger partial charge in [0.2, 0.25) is 5.88 Å². The monoisotopic (exact) mass is 311 g/mol. The standard InChI is InChI=1S/C16H13N3O4/c1-22-13-4-2-3-11(7-13)9-23-16-14-8-12(19(20)21)5-6-15(14)17-10-18-16/h2-8,10H,9H2,1H3. The Kier molecular flexibility index (Phi) is 4.01. The van der Waals surface area contributed by atoms with E-state index in [9.17, 15) is 10.1 Å². The Morgan fingerprint density at radius 1 is 1.17 bits per heavy atom. The number of fused-ring (bicyclic) bond motifs is 1. The molecule has 1 aromatic heterocycles. The Morgan fingerprint density at radius 2 is 2.04 bits per heavy atom. The highest BCUT2D eigenvalue weighted by Crippen LogP contribution is 2.26. The maximum Gasteiger partial charge on any atom is 0.270 e. The van der Waals surface area contributed by atoms with Crippen LogP contribution in [0.1, 0.15) is 5.56 Å². The molecule has 0 atom stereocenters. The highest BCUT2D eigenvalue weighted by atomic mass is 16.6. The maximum absolute atomic E-state index is 10.9. The summed E-state index contributed by atoms with van der Waals surface area (Å²) in [6, 6.07) is 11.8. The number of non-ortho nitro benzene ring substituents is 1. The SMILES string of the molecule is COc1cccc(COc2ncnc3ccc([N+](=O)[O-])cc23)c1. The van der Waals surface area contributed by atoms with Crippen molar-refractivity contribution in [1.82, 2.24) is 9.97 Å². The molecule has 23 heavy (non-hydrogen) atoms. The first-order chi connectivity index (χ1) is 11.2. The second kappa shape index (κ2) is 6.27. The number of hydrogen-bond acceptors (Lipinski definition) is 6. The van der Waals surface area contributed by atoms with Crippen LogP contribution in [0.25, 0.3) is 10.9 Å². The second-order valence-electron chi connectivity index (χ2n) is 4.78. The van der Waals surface area contributed by atoms with Crippen molar-refractivity contribution in [3.8, 4) is 11.6 Å². The van der Waals surface area contributed by atoms with E-state index in [0.717, 1.165) is 11.3 Å². The number of benzene rings is 2. The summed E-state index contributed by atoms with van der Waals surface area (Å²) in [6.45, 7) is 0.270. The van der Waals surface area contributed by atoms with Crippen molar-refractivity contribution in [1.29, 1.82) is 0 Å². The minimum absolute atomic E-state index is 0.0291. The van der Waals surface area contributed by atoms with Crippen molar-refractivity contribution in [3.05, 3.63) is 64.5 Å². The van der Waals surface area contributed by atoms with E-state index in [1.165, 1.54) is 18.5 Å². The molecule has 0 aliphatic carbocycles. The molecule has 0 spiro atoms. The number of nitrogens with zero attached hydrogens (tertiary/aromatic N) is 3. The highest BCUT2D eigenvalue weighted by Gasteiger charge is 2.11. The third-order valence-corrected chi connectivity index (χ3v) is 3.30. The number of nitro benzene ring substituents is 1. The summed E-state index contributed by atoms with van der Waals surface area (Å²) >= 11 is 0. The molecule has 3 aromatic rings. The van der Waals surface area contributed by atoms with E-state index in [0.29, 0.717) is 16.8 Å². The lowest BCUT2D eigenvalue weighted by molar-refractivity contribution is -0.384. The average molecular weight is 311 g/mol. The first kappa shape index (κ1) is 14.7. The molecule has 0 amide bonds. The van der Waals surface area contributed by atoms with Gasteiger partial charge in [0.15, 0.2) is 0 Å². The molecule has 0 radical (unpaired) electrons. The molecule has 0 aliphatic heterocycles. The van der Waals surface area contributed by atoms with Crippen LogP contribution in [-0.4, -0.2) is 22.0 Å². The molecular formula is C16H13N3O4. The van der Waals surface area contributed by atoms with Crippen LogP contribution in [0, 0.1) is 10.1 Å². The van der Waals surface area contributed by atoms with Crippen LogP contribution in [-0.2, 0) is 6.61 Å². The molecule has 3 rings (SSSR count). The molecule has 1 heterocycles. The molecular weight excluding hydrogens is 298 g/mol. The lowest BCUT2D eigenvalue weighted by atomic mass is 10.2. The summed E-state index contributed by atoms with van der Waals surface area (Å²) in [7, 11) is 1.59. The summed E-state index contributed by atoms with van der Waals surface area (Å²) < 4.78 is 10.9. The van der Waals surface area contributed by atoms with Crippen molar-refractivity contribution >= 4 is 16.6 Å². The molecule has 2 aromatic carbocycles. The number of ether oxygens (including phenoxy) is 2. The van der Waals surface area contributed by atoms with Gasteiger partial charge in [0, 0.05) is 12.1 Å². The molecule has 0 saturated carbocycles. The Bertz CT molecular complexity index is 867. The summed E-state index contributed by atoms with van der Waals surface area (Å²) in [5.41, 5.74) is 1.46. The normalized spacial score (nSPS) is 10.5. The van der Waals surface area contributed by atoms with Gasteiger partial charge >= 0.3 is 0 Å². The van der Waals surface area contributed by atoms with Crippen molar-refractivity contribution in [2.24, 2.45) is 0 Å². The molecule has 7 heteroatoms. The average Bonchev–Trinajstić information content (AvgIpc) is 2.59. The van der Waals surface area contributed by atoms with Crippen molar-refractivity contribution in [2.45, 2.75) is 6.61 Å². The fraction of sp³-hybridized carbons (Fsp3) is 0.125. The van der Waals surface area contributed by atoms with Crippen LogP contribution in [0.4, 0.5) is 5.69 Å². The number of methoxy groups -OCH3 is 1. The number of nitro groups is 1. The lowest BCUT2D eigenvalue weighted by Gasteiger charge is -2.08. The van der Waals surface area contributed by atoms with Crippen molar-refractivity contribution in [3.63, 3.8) is 0 Å². The topological polar surface area (TPSA) is 87.4 Å². The second-order valence-corrected chi connectivity index (χ2v) is 4.78. The highest BCUT2D eigenvalue weighted by molar-refractivity contribution is 5.85. The summed E-state index contributed by atoms with van der Waals surface area (Å²) in [5.74, 6) is 1.04. The van der Waals surface area contributed by atoms with E-state index in [2.05, 4.69) is 9.97 Å². The molecule has 0 saturated heterocycles. The molecule has 0 unspecified atom stereocenters. The molecule has 116 valence electrons. The first-order valence-electron chi connectivity index (χ1n) is 6.82. The Balaban J connectivity index is 1.89. The number of hydrogen-bond donors (Lipinski definition) is 0. The smallest absolute Gasteiger partial charge is 0.270 e. The van der Waals surface area contributed by atoms with Crippen LogP contribution in [0.5, 0.6) is 11.6 Å². The summed E-state index contributed by atoms with van der Waals surface area (Å²) in [5, 5.41) is 11.4. The van der Waals surface area contributed by atoms with Gasteiger partial charge in [-0.15, -0.1) is 0 Å². The predicted octanol–water partition coefficient (Wildman–Crippen LogP) is 3.13. The van der Waals surface area contributed by atoms with Gasteiger partial charge in [0.1, 0.15) is 18.7 Å². The number of rotatable bonds is 5. The molecule has 0 aliphatic rings. The predicted molar refractivity (Wildman–Crippen MR) is 83.5 cm³/mol. The number of aromatic nitrogens is 2. The zero-order valence-corrected chi connectivity index (χ0v) is 12.3. The van der Waals surface area contributed by atoms with Crippen LogP contribution in [0.15, 0.2) is 48.8 Å². The fourth-order valence-corrected chi connectivity index (χ4v) is 2.16. The van der Waals surface area contributed by atoms with Gasteiger partial charge < -0.3 is 9.47 Å². The van der Waals surface area contributed by atoms with E-state index in [1.807, 2.05) is 24.3 Å². The van der Waals surface area contributed by atoms with Crippen molar-refractivity contribution in [2.75, 3.05) is 7.11 Å². The summed E-state index contributed by atoms with van der Waals surface area (Å²) in [4.78, 5) is 18.6. The Labute approximate surface area is 131 Å². The molecule has 0 bridgehead atoms. The van der Waals surface area contributed by atoms with E-state index in [1.54, 1.807) is 13.2 Å². The zero-order valence-electron chi connectivity index (χ0n) is 12.3. The molecule has 7 nitrogen and oxygen atoms in total.